The van der Waals surface area contributed by atoms with Crippen molar-refractivity contribution in [3.05, 3.63) is 53.6 Å². The van der Waals surface area contributed by atoms with Gasteiger partial charge in [-0.15, -0.1) is 24.0 Å². The molecule has 0 radical (unpaired) electrons. The number of methoxy groups -OCH3 is 1. The Balaban J connectivity index is 0.00000512. The van der Waals surface area contributed by atoms with Gasteiger partial charge >= 0.3 is 0 Å². The molecular formula is C24H35IN4O3. The van der Waals surface area contributed by atoms with E-state index in [0.717, 1.165) is 11.3 Å². The van der Waals surface area contributed by atoms with Gasteiger partial charge in [-0.2, -0.15) is 0 Å². The molecule has 2 aromatic carbocycles. The number of benzene rings is 2. The minimum atomic E-state index is -0.286. The lowest BCUT2D eigenvalue weighted by atomic mass is 10.1. The second kappa shape index (κ2) is 13.1. The van der Waals surface area contributed by atoms with Crippen LogP contribution in [0, 0.1) is 0 Å². The smallest absolute Gasteiger partial charge is 0.251 e. The summed E-state index contributed by atoms with van der Waals surface area (Å²) >= 11 is 0. The van der Waals surface area contributed by atoms with Gasteiger partial charge < -0.3 is 25.4 Å². The SMILES string of the molecule is CCNC(=NCc1cccc(C(=O)NC(C)(C)C)c1)Nc1ccc(OCC)c(OC)c1.I. The molecule has 0 spiro atoms. The van der Waals surface area contributed by atoms with Crippen LogP contribution < -0.4 is 25.4 Å². The molecule has 7 nitrogen and oxygen atoms in total. The molecule has 0 aromatic heterocycles. The average Bonchev–Trinajstić information content (AvgIpc) is 2.72. The number of halogens is 1. The highest BCUT2D eigenvalue weighted by molar-refractivity contribution is 14.0. The van der Waals surface area contributed by atoms with Crippen LogP contribution in [0.5, 0.6) is 11.5 Å². The van der Waals surface area contributed by atoms with E-state index in [0.29, 0.717) is 42.7 Å². The van der Waals surface area contributed by atoms with Crippen molar-refractivity contribution in [1.29, 1.82) is 0 Å². The Morgan fingerprint density at radius 3 is 2.44 bits per heavy atom. The van der Waals surface area contributed by atoms with E-state index in [1.807, 2.05) is 77.1 Å². The highest BCUT2D eigenvalue weighted by atomic mass is 127. The fraction of sp³-hybridized carbons (Fsp3) is 0.417. The molecule has 0 aliphatic rings. The first-order chi connectivity index (χ1) is 14.8. The van der Waals surface area contributed by atoms with E-state index < -0.39 is 0 Å². The van der Waals surface area contributed by atoms with Crippen LogP contribution in [0.1, 0.15) is 50.5 Å². The number of amides is 1. The summed E-state index contributed by atoms with van der Waals surface area (Å²) in [6, 6.07) is 13.2. The number of aliphatic imine (C=N–C) groups is 1. The Kier molecular flexibility index (Phi) is 11.3. The van der Waals surface area contributed by atoms with Gasteiger partial charge in [0, 0.05) is 29.4 Å². The van der Waals surface area contributed by atoms with E-state index in [4.69, 9.17) is 9.47 Å². The molecule has 0 heterocycles. The van der Waals surface area contributed by atoms with Gasteiger partial charge in [0.25, 0.3) is 5.91 Å². The molecule has 3 N–H and O–H groups in total. The third kappa shape index (κ3) is 8.94. The predicted octanol–water partition coefficient (Wildman–Crippen LogP) is 4.82. The Morgan fingerprint density at radius 1 is 1.06 bits per heavy atom. The summed E-state index contributed by atoms with van der Waals surface area (Å²) in [5, 5.41) is 9.50. The number of carbonyl (C=O) groups is 1. The van der Waals surface area contributed by atoms with Crippen molar-refractivity contribution in [3.8, 4) is 11.5 Å². The van der Waals surface area contributed by atoms with Crippen molar-refractivity contribution in [3.63, 3.8) is 0 Å². The predicted molar refractivity (Wildman–Crippen MR) is 142 cm³/mol. The number of nitrogens with zero attached hydrogens (tertiary/aromatic N) is 1. The van der Waals surface area contributed by atoms with E-state index in [1.165, 1.54) is 0 Å². The van der Waals surface area contributed by atoms with Crippen molar-refractivity contribution in [2.24, 2.45) is 4.99 Å². The molecule has 2 aromatic rings. The van der Waals surface area contributed by atoms with Gasteiger partial charge in [0.15, 0.2) is 17.5 Å². The molecule has 0 unspecified atom stereocenters. The van der Waals surface area contributed by atoms with Gasteiger partial charge in [0.1, 0.15) is 0 Å². The number of ether oxygens (including phenoxy) is 2. The summed E-state index contributed by atoms with van der Waals surface area (Å²) in [7, 11) is 1.61. The number of hydrogen-bond donors (Lipinski definition) is 3. The van der Waals surface area contributed by atoms with E-state index in [9.17, 15) is 4.79 Å². The molecule has 32 heavy (non-hydrogen) atoms. The van der Waals surface area contributed by atoms with Gasteiger partial charge in [-0.25, -0.2) is 4.99 Å². The fourth-order valence-electron chi connectivity index (χ4n) is 2.86. The number of nitrogens with one attached hydrogen (secondary N) is 3. The Bertz CT molecular complexity index is 910. The van der Waals surface area contributed by atoms with Crippen molar-refractivity contribution < 1.29 is 14.3 Å². The first-order valence-electron chi connectivity index (χ1n) is 10.5. The van der Waals surface area contributed by atoms with E-state index in [-0.39, 0.29) is 35.4 Å². The number of guanidine groups is 1. The second-order valence-corrected chi connectivity index (χ2v) is 8.02. The normalized spacial score (nSPS) is 11.2. The van der Waals surface area contributed by atoms with Gasteiger partial charge in [-0.05, 0) is 64.4 Å². The van der Waals surface area contributed by atoms with Crippen molar-refractivity contribution in [1.82, 2.24) is 10.6 Å². The molecule has 176 valence electrons. The van der Waals surface area contributed by atoms with Crippen molar-refractivity contribution >= 4 is 41.5 Å². The molecule has 0 atom stereocenters. The standard InChI is InChI=1S/C24H34N4O3.HI/c1-7-25-23(27-19-12-13-20(31-8-2)21(15-19)30-6)26-16-17-10-9-11-18(14-17)22(29)28-24(3,4)5;/h9-15H,7-8,16H2,1-6H3,(H,28,29)(H2,25,26,27);1H. The van der Waals surface area contributed by atoms with Crippen LogP contribution in [-0.2, 0) is 6.54 Å². The number of hydrogen-bond acceptors (Lipinski definition) is 4. The minimum Gasteiger partial charge on any atom is -0.493 e. The second-order valence-electron chi connectivity index (χ2n) is 8.02. The topological polar surface area (TPSA) is 84.0 Å². The van der Waals surface area contributed by atoms with E-state index >= 15 is 0 Å². The third-order valence-electron chi connectivity index (χ3n) is 4.17. The highest BCUT2D eigenvalue weighted by Crippen LogP contribution is 2.30. The Morgan fingerprint density at radius 2 is 1.81 bits per heavy atom. The molecule has 0 fully saturated rings. The molecule has 2 rings (SSSR count). The largest absolute Gasteiger partial charge is 0.493 e. The van der Waals surface area contributed by atoms with Crippen LogP contribution in [0.2, 0.25) is 0 Å². The van der Waals surface area contributed by atoms with E-state index in [2.05, 4.69) is 20.9 Å². The van der Waals surface area contributed by atoms with Crippen LogP contribution in [0.3, 0.4) is 0 Å². The lowest BCUT2D eigenvalue weighted by Gasteiger charge is -2.20. The molecule has 0 bridgehead atoms. The summed E-state index contributed by atoms with van der Waals surface area (Å²) in [4.78, 5) is 17.1. The van der Waals surface area contributed by atoms with Crippen LogP contribution in [0.15, 0.2) is 47.5 Å². The molecule has 1 amide bonds. The third-order valence-corrected chi connectivity index (χ3v) is 4.17. The number of carbonyl (C=O) groups excluding carboxylic acids is 1. The van der Waals surface area contributed by atoms with Crippen molar-refractivity contribution in [2.45, 2.75) is 46.7 Å². The first kappa shape index (κ1) is 27.5. The first-order valence-corrected chi connectivity index (χ1v) is 10.5. The summed E-state index contributed by atoms with van der Waals surface area (Å²) < 4.78 is 11.0. The molecule has 0 aliphatic heterocycles. The molecule has 0 aliphatic carbocycles. The summed E-state index contributed by atoms with van der Waals surface area (Å²) in [6.45, 7) is 11.5. The van der Waals surface area contributed by atoms with E-state index in [1.54, 1.807) is 7.11 Å². The number of anilines is 1. The van der Waals surface area contributed by atoms with Crippen molar-refractivity contribution in [2.75, 3.05) is 25.6 Å². The maximum Gasteiger partial charge on any atom is 0.251 e. The number of rotatable bonds is 8. The zero-order valence-corrected chi connectivity index (χ0v) is 22.1. The molecule has 8 heteroatoms. The van der Waals surface area contributed by atoms with Crippen LogP contribution in [0.4, 0.5) is 5.69 Å². The Hall–Kier alpha value is -2.49. The van der Waals surface area contributed by atoms with Gasteiger partial charge in [-0.3, -0.25) is 4.79 Å². The van der Waals surface area contributed by atoms with Gasteiger partial charge in [0.2, 0.25) is 0 Å². The average molecular weight is 554 g/mol. The quantitative estimate of drug-likeness (QED) is 0.248. The molecule has 0 saturated carbocycles. The molecular weight excluding hydrogens is 519 g/mol. The monoisotopic (exact) mass is 554 g/mol. The maximum atomic E-state index is 12.4. The molecule has 0 saturated heterocycles. The van der Waals surface area contributed by atoms with Gasteiger partial charge in [-0.1, -0.05) is 12.1 Å². The maximum absolute atomic E-state index is 12.4. The minimum absolute atomic E-state index is 0. The van der Waals surface area contributed by atoms with Gasteiger partial charge in [0.05, 0.1) is 20.3 Å². The lowest BCUT2D eigenvalue weighted by molar-refractivity contribution is 0.0919. The van der Waals surface area contributed by atoms with Crippen LogP contribution in [-0.4, -0.2) is 37.7 Å². The summed E-state index contributed by atoms with van der Waals surface area (Å²) in [5.74, 6) is 1.89. The lowest BCUT2D eigenvalue weighted by Crippen LogP contribution is -2.40. The fourth-order valence-corrected chi connectivity index (χ4v) is 2.86. The van der Waals surface area contributed by atoms with Crippen LogP contribution in [0.25, 0.3) is 0 Å². The zero-order valence-electron chi connectivity index (χ0n) is 19.7. The Labute approximate surface area is 208 Å². The highest BCUT2D eigenvalue weighted by Gasteiger charge is 2.15. The van der Waals surface area contributed by atoms with Crippen LogP contribution >= 0.6 is 24.0 Å². The summed E-state index contributed by atoms with van der Waals surface area (Å²) in [6.07, 6.45) is 0. The summed E-state index contributed by atoms with van der Waals surface area (Å²) in [5.41, 5.74) is 2.12. The zero-order chi connectivity index (χ0) is 22.9.